The first-order chi connectivity index (χ1) is 18.7. The van der Waals surface area contributed by atoms with Crippen molar-refractivity contribution in [3.63, 3.8) is 0 Å². The lowest BCUT2D eigenvalue weighted by atomic mass is 9.97. The van der Waals surface area contributed by atoms with Crippen molar-refractivity contribution >= 4 is 60.3 Å². The number of unbranched alkanes of at least 4 members (excludes halogenated alkanes) is 1. The number of benzene rings is 2. The maximum atomic E-state index is 13.5. The maximum absolute atomic E-state index is 13.5. The number of piperidine rings is 1. The van der Waals surface area contributed by atoms with Crippen molar-refractivity contribution in [2.75, 3.05) is 30.9 Å². The van der Waals surface area contributed by atoms with E-state index in [0.717, 1.165) is 36.5 Å². The third kappa shape index (κ3) is 6.56. The number of ketones is 1. The molecule has 0 radical (unpaired) electrons. The van der Waals surface area contributed by atoms with Crippen LogP contribution < -0.4 is 9.70 Å². The van der Waals surface area contributed by atoms with E-state index in [0.29, 0.717) is 40.1 Å². The van der Waals surface area contributed by atoms with E-state index < -0.39 is 21.8 Å². The zero-order chi connectivity index (χ0) is 28.2. The molecule has 1 atom stereocenters. The normalized spacial score (nSPS) is 16.6. The van der Waals surface area contributed by atoms with E-state index in [4.69, 9.17) is 16.3 Å². The van der Waals surface area contributed by atoms with Crippen molar-refractivity contribution in [2.45, 2.75) is 56.4 Å². The largest absolute Gasteiger partial charge is 0.461 e. The number of halogens is 1. The Morgan fingerprint density at radius 3 is 2.64 bits per heavy atom. The molecule has 1 saturated heterocycles. The summed E-state index contributed by atoms with van der Waals surface area (Å²) in [6.07, 6.45) is 3.88. The Kier molecular flexibility index (Phi) is 9.51. The van der Waals surface area contributed by atoms with Gasteiger partial charge < -0.3 is 14.2 Å². The van der Waals surface area contributed by atoms with Gasteiger partial charge in [-0.25, -0.2) is 13.2 Å². The monoisotopic (exact) mass is 591 g/mol. The van der Waals surface area contributed by atoms with Crippen molar-refractivity contribution in [3.05, 3.63) is 51.9 Å². The lowest BCUT2D eigenvalue weighted by Crippen LogP contribution is -2.45. The molecule has 39 heavy (non-hydrogen) atoms. The van der Waals surface area contributed by atoms with Crippen molar-refractivity contribution in [1.29, 1.82) is 0 Å². The summed E-state index contributed by atoms with van der Waals surface area (Å²) in [6.45, 7) is 2.94. The van der Waals surface area contributed by atoms with Crippen LogP contribution in [0.5, 0.6) is 0 Å². The first-order valence-corrected chi connectivity index (χ1v) is 16.0. The second-order valence-electron chi connectivity index (χ2n) is 9.70. The van der Waals surface area contributed by atoms with Gasteiger partial charge in [-0.2, -0.15) is 0 Å². The van der Waals surface area contributed by atoms with Gasteiger partial charge in [0, 0.05) is 32.1 Å². The molecule has 210 valence electrons. The number of nitrogens with zero attached hydrogens (tertiary/aromatic N) is 3. The van der Waals surface area contributed by atoms with Gasteiger partial charge in [-0.15, -0.1) is 0 Å². The van der Waals surface area contributed by atoms with Gasteiger partial charge in [0.1, 0.15) is 5.00 Å². The highest BCUT2D eigenvalue weighted by Gasteiger charge is 2.34. The second kappa shape index (κ2) is 12.7. The van der Waals surface area contributed by atoms with Crippen LogP contribution in [-0.4, -0.2) is 56.7 Å². The number of carbonyl (C=O) groups is 2. The number of thiazole rings is 1. The van der Waals surface area contributed by atoms with E-state index in [1.165, 1.54) is 11.3 Å². The summed E-state index contributed by atoms with van der Waals surface area (Å²) in [6, 6.07) is 9.68. The molecule has 0 saturated carbocycles. The van der Waals surface area contributed by atoms with Crippen LogP contribution in [0.15, 0.2) is 46.3 Å². The third-order valence-electron chi connectivity index (χ3n) is 7.01. The van der Waals surface area contributed by atoms with Crippen LogP contribution in [0.2, 0.25) is 5.02 Å². The van der Waals surface area contributed by atoms with Crippen molar-refractivity contribution < 1.29 is 22.7 Å². The number of anilines is 1. The topological polar surface area (TPSA) is 98.0 Å². The minimum absolute atomic E-state index is 0.110. The predicted molar refractivity (Wildman–Crippen MR) is 156 cm³/mol. The van der Waals surface area contributed by atoms with Gasteiger partial charge in [-0.3, -0.25) is 9.79 Å². The lowest BCUT2D eigenvalue weighted by Gasteiger charge is -2.35. The summed E-state index contributed by atoms with van der Waals surface area (Å²) in [7, 11) is -0.255. The molecule has 2 aromatic carbocycles. The molecule has 1 aliphatic heterocycles. The van der Waals surface area contributed by atoms with E-state index in [1.54, 1.807) is 55.1 Å². The van der Waals surface area contributed by atoms with Crippen LogP contribution in [0.3, 0.4) is 0 Å². The van der Waals surface area contributed by atoms with E-state index in [9.17, 15) is 18.0 Å². The molecule has 8 nitrogen and oxygen atoms in total. The fourth-order valence-corrected chi connectivity index (χ4v) is 7.46. The molecule has 4 rings (SSSR count). The van der Waals surface area contributed by atoms with Crippen molar-refractivity contribution in [3.8, 4) is 0 Å². The summed E-state index contributed by atoms with van der Waals surface area (Å²) in [5.41, 5.74) is 0.375. The van der Waals surface area contributed by atoms with E-state index in [2.05, 4.69) is 4.99 Å². The zero-order valence-electron chi connectivity index (χ0n) is 22.5. The van der Waals surface area contributed by atoms with Crippen LogP contribution in [0.25, 0.3) is 10.8 Å². The second-order valence-corrected chi connectivity index (χ2v) is 13.2. The van der Waals surface area contributed by atoms with Gasteiger partial charge >= 0.3 is 5.97 Å². The van der Waals surface area contributed by atoms with Gasteiger partial charge in [0.25, 0.3) is 0 Å². The average Bonchev–Trinajstić information content (AvgIpc) is 3.27. The number of carbonyl (C=O) groups excluding carboxylic acids is 2. The Morgan fingerprint density at radius 2 is 1.90 bits per heavy atom. The Balaban J connectivity index is 1.55. The molecule has 11 heteroatoms. The molecule has 1 aliphatic rings. The number of fused-ring (bicyclic) bond motifs is 1. The molecule has 3 aromatic rings. The third-order valence-corrected chi connectivity index (χ3v) is 10.2. The molecule has 2 heterocycles. The number of esters is 1. The molecule has 0 amide bonds. The van der Waals surface area contributed by atoms with Crippen LogP contribution in [-0.2, 0) is 26.4 Å². The van der Waals surface area contributed by atoms with Crippen LogP contribution in [0.4, 0.5) is 5.00 Å². The zero-order valence-corrected chi connectivity index (χ0v) is 24.9. The van der Waals surface area contributed by atoms with Crippen molar-refractivity contribution in [2.24, 2.45) is 12.0 Å². The number of aromatic nitrogens is 1. The number of Topliss-reactive ketones (excluding diaryl/α,β-unsaturated/α-hetero) is 1. The Morgan fingerprint density at radius 1 is 1.15 bits per heavy atom. The van der Waals surface area contributed by atoms with Gasteiger partial charge in [0.05, 0.1) is 23.3 Å². The lowest BCUT2D eigenvalue weighted by molar-refractivity contribution is -0.120. The Bertz CT molecular complexity index is 1540. The minimum atomic E-state index is -3.68. The molecule has 1 unspecified atom stereocenters. The summed E-state index contributed by atoms with van der Waals surface area (Å²) < 4.78 is 33.6. The molecule has 0 spiro atoms. The first-order valence-electron chi connectivity index (χ1n) is 13.2. The average molecular weight is 592 g/mol. The summed E-state index contributed by atoms with van der Waals surface area (Å²) in [5, 5.41) is 2.85. The van der Waals surface area contributed by atoms with E-state index >= 15 is 0 Å². The standard InChI is InChI=1S/C28H34ClN3O5S2/c1-4-5-15-37-27(34)25-26(38-28(30-2)31(25)3)32-14-7-6-8-23(32)24(33)13-16-39(35,36)22-12-10-19-17-21(29)11-9-20(19)18-22/h9-12,17-18,23H,4-8,13-16H2,1-3H3. The van der Waals surface area contributed by atoms with Gasteiger partial charge in [0.15, 0.2) is 26.1 Å². The quantitative estimate of drug-likeness (QED) is 0.238. The highest BCUT2D eigenvalue weighted by Crippen LogP contribution is 2.32. The summed E-state index contributed by atoms with van der Waals surface area (Å²) in [5.74, 6) is -0.874. The molecule has 0 aliphatic carbocycles. The molecule has 0 bridgehead atoms. The highest BCUT2D eigenvalue weighted by atomic mass is 35.5. The predicted octanol–water partition coefficient (Wildman–Crippen LogP) is 5.17. The highest BCUT2D eigenvalue weighted by molar-refractivity contribution is 7.91. The van der Waals surface area contributed by atoms with Crippen molar-refractivity contribution in [1.82, 2.24) is 4.57 Å². The van der Waals surface area contributed by atoms with Gasteiger partial charge in [-0.1, -0.05) is 48.4 Å². The number of rotatable bonds is 10. The van der Waals surface area contributed by atoms with E-state index in [1.807, 2.05) is 11.8 Å². The number of hydrogen-bond donors (Lipinski definition) is 0. The first kappa shape index (κ1) is 29.3. The Hall–Kier alpha value is -2.69. The summed E-state index contributed by atoms with van der Waals surface area (Å²) in [4.78, 5) is 33.6. The van der Waals surface area contributed by atoms with Gasteiger partial charge in [-0.05, 0) is 60.7 Å². The fourth-order valence-electron chi connectivity index (χ4n) is 4.85. The molecule has 1 fully saturated rings. The van der Waals surface area contributed by atoms with Crippen LogP contribution >= 0.6 is 22.9 Å². The molecule has 1 aromatic heterocycles. The molecular weight excluding hydrogens is 558 g/mol. The fraction of sp³-hybridized carbons (Fsp3) is 0.464. The number of sulfone groups is 1. The molecular formula is C28H34ClN3O5S2. The number of hydrogen-bond acceptors (Lipinski definition) is 8. The van der Waals surface area contributed by atoms with Gasteiger partial charge in [0.2, 0.25) is 0 Å². The number of ether oxygens (including phenoxy) is 1. The smallest absolute Gasteiger partial charge is 0.358 e. The Labute approximate surface area is 238 Å². The summed E-state index contributed by atoms with van der Waals surface area (Å²) >= 11 is 7.39. The maximum Gasteiger partial charge on any atom is 0.358 e. The van der Waals surface area contributed by atoms with E-state index in [-0.39, 0.29) is 22.9 Å². The minimum Gasteiger partial charge on any atom is -0.461 e. The van der Waals surface area contributed by atoms with Crippen LogP contribution in [0.1, 0.15) is 55.9 Å². The van der Waals surface area contributed by atoms with Crippen LogP contribution in [0, 0.1) is 0 Å². The molecule has 0 N–H and O–H groups in total. The SMILES string of the molecule is CCCCOC(=O)c1c(N2CCCCC2C(=O)CCS(=O)(=O)c2ccc3cc(Cl)ccc3c2)sc(=NC)n1C.